The third-order valence-electron chi connectivity index (χ3n) is 4.72. The predicted octanol–water partition coefficient (Wildman–Crippen LogP) is 1.72. The van der Waals surface area contributed by atoms with Gasteiger partial charge >= 0.3 is 0 Å². The lowest BCUT2D eigenvalue weighted by Gasteiger charge is -2.22. The van der Waals surface area contributed by atoms with Crippen LogP contribution in [-0.2, 0) is 14.3 Å². The molecule has 0 aromatic heterocycles. The fourth-order valence-corrected chi connectivity index (χ4v) is 3.16. The van der Waals surface area contributed by atoms with Crippen molar-refractivity contribution < 1.29 is 14.3 Å². The molecule has 2 rings (SSSR count). The molecule has 5 nitrogen and oxygen atoms in total. The lowest BCUT2D eigenvalue weighted by Crippen LogP contribution is -2.30. The summed E-state index contributed by atoms with van der Waals surface area (Å²) < 4.78 is 11.0. The van der Waals surface area contributed by atoms with Gasteiger partial charge in [-0.1, -0.05) is 0 Å². The van der Waals surface area contributed by atoms with Crippen molar-refractivity contribution in [2.24, 2.45) is 11.8 Å². The van der Waals surface area contributed by atoms with E-state index < -0.39 is 0 Å². The van der Waals surface area contributed by atoms with Gasteiger partial charge in [0.05, 0.1) is 0 Å². The van der Waals surface area contributed by atoms with E-state index in [0.717, 1.165) is 77.7 Å². The second-order valence-electron chi connectivity index (χ2n) is 6.57. The van der Waals surface area contributed by atoms with Crippen LogP contribution in [0.3, 0.4) is 0 Å². The van der Waals surface area contributed by atoms with E-state index in [2.05, 4.69) is 10.6 Å². The molecule has 0 bridgehead atoms. The largest absolute Gasteiger partial charge is 0.381 e. The maximum absolute atomic E-state index is 11.8. The third kappa shape index (κ3) is 7.56. The summed E-state index contributed by atoms with van der Waals surface area (Å²) in [6, 6.07) is 0. The second kappa shape index (κ2) is 11.0. The maximum atomic E-state index is 11.8. The molecular weight excluding hydrogens is 280 g/mol. The summed E-state index contributed by atoms with van der Waals surface area (Å²) in [5.74, 6) is 1.59. The van der Waals surface area contributed by atoms with E-state index in [1.807, 2.05) is 0 Å². The first-order valence-corrected chi connectivity index (χ1v) is 8.97. The van der Waals surface area contributed by atoms with Crippen LogP contribution in [0.15, 0.2) is 0 Å². The van der Waals surface area contributed by atoms with Crippen molar-refractivity contribution in [1.82, 2.24) is 10.6 Å². The van der Waals surface area contributed by atoms with Crippen molar-refractivity contribution >= 4 is 5.91 Å². The van der Waals surface area contributed by atoms with E-state index >= 15 is 0 Å². The van der Waals surface area contributed by atoms with Crippen LogP contribution in [0.4, 0.5) is 0 Å². The van der Waals surface area contributed by atoms with E-state index in [0.29, 0.717) is 12.3 Å². The number of rotatable bonds is 9. The van der Waals surface area contributed by atoms with Crippen molar-refractivity contribution in [3.8, 4) is 0 Å². The highest BCUT2D eigenvalue weighted by atomic mass is 16.5. The van der Waals surface area contributed by atoms with Gasteiger partial charge in [0, 0.05) is 39.4 Å². The lowest BCUT2D eigenvalue weighted by molar-refractivity contribution is -0.121. The molecule has 2 N–H and O–H groups in total. The van der Waals surface area contributed by atoms with Crippen LogP contribution in [0.5, 0.6) is 0 Å². The van der Waals surface area contributed by atoms with Gasteiger partial charge in [0.25, 0.3) is 0 Å². The van der Waals surface area contributed by atoms with Crippen LogP contribution in [0.1, 0.15) is 44.9 Å². The minimum Gasteiger partial charge on any atom is -0.381 e. The Morgan fingerprint density at radius 2 is 1.91 bits per heavy atom. The Labute approximate surface area is 134 Å². The molecule has 2 heterocycles. The van der Waals surface area contributed by atoms with Crippen molar-refractivity contribution in [3.05, 3.63) is 0 Å². The molecule has 5 heteroatoms. The first-order valence-electron chi connectivity index (χ1n) is 8.97. The summed E-state index contributed by atoms with van der Waals surface area (Å²) in [5, 5.41) is 6.36. The Hall–Kier alpha value is -0.650. The van der Waals surface area contributed by atoms with Crippen molar-refractivity contribution in [3.63, 3.8) is 0 Å². The Kier molecular flexibility index (Phi) is 8.83. The molecule has 0 unspecified atom stereocenters. The molecule has 128 valence electrons. The number of ether oxygens (including phenoxy) is 2. The lowest BCUT2D eigenvalue weighted by atomic mass is 9.93. The Bertz CT molecular complexity index is 300. The molecule has 2 saturated heterocycles. The quantitative estimate of drug-likeness (QED) is 0.637. The van der Waals surface area contributed by atoms with Gasteiger partial charge in [-0.05, 0) is 63.5 Å². The monoisotopic (exact) mass is 312 g/mol. The van der Waals surface area contributed by atoms with Crippen molar-refractivity contribution in [2.45, 2.75) is 44.9 Å². The SMILES string of the molecule is O=C(CCC1CCNCC1)NCCCOCC1CCOCC1. The van der Waals surface area contributed by atoms with Crippen LogP contribution in [-0.4, -0.2) is 52.0 Å². The van der Waals surface area contributed by atoms with Gasteiger partial charge in [-0.25, -0.2) is 0 Å². The molecule has 2 aliphatic heterocycles. The van der Waals surface area contributed by atoms with E-state index in [-0.39, 0.29) is 5.91 Å². The second-order valence-corrected chi connectivity index (χ2v) is 6.57. The summed E-state index contributed by atoms with van der Waals surface area (Å²) in [5.41, 5.74) is 0. The highest BCUT2D eigenvalue weighted by molar-refractivity contribution is 5.75. The van der Waals surface area contributed by atoms with Gasteiger partial charge in [-0.3, -0.25) is 4.79 Å². The molecule has 0 radical (unpaired) electrons. The fourth-order valence-electron chi connectivity index (χ4n) is 3.16. The summed E-state index contributed by atoms with van der Waals surface area (Å²) in [6.07, 6.45) is 7.28. The topological polar surface area (TPSA) is 59.6 Å². The summed E-state index contributed by atoms with van der Waals surface area (Å²) in [6.45, 7) is 6.29. The molecule has 0 aromatic carbocycles. The van der Waals surface area contributed by atoms with E-state index in [9.17, 15) is 4.79 Å². The molecule has 0 spiro atoms. The van der Waals surface area contributed by atoms with Gasteiger partial charge in [0.2, 0.25) is 5.91 Å². The number of hydrogen-bond donors (Lipinski definition) is 2. The summed E-state index contributed by atoms with van der Waals surface area (Å²) >= 11 is 0. The average Bonchev–Trinajstić information content (AvgIpc) is 2.58. The normalized spacial score (nSPS) is 20.9. The van der Waals surface area contributed by atoms with E-state index in [1.165, 1.54) is 12.8 Å². The molecule has 22 heavy (non-hydrogen) atoms. The number of carbonyl (C=O) groups is 1. The van der Waals surface area contributed by atoms with Crippen LogP contribution < -0.4 is 10.6 Å². The molecular formula is C17H32N2O3. The van der Waals surface area contributed by atoms with Gasteiger partial charge in [0.1, 0.15) is 0 Å². The number of carbonyl (C=O) groups excluding carboxylic acids is 1. The number of piperidine rings is 1. The van der Waals surface area contributed by atoms with Crippen molar-refractivity contribution in [1.29, 1.82) is 0 Å². The minimum atomic E-state index is 0.197. The Morgan fingerprint density at radius 3 is 2.68 bits per heavy atom. The van der Waals surface area contributed by atoms with Crippen molar-refractivity contribution in [2.75, 3.05) is 46.1 Å². The van der Waals surface area contributed by atoms with Gasteiger partial charge < -0.3 is 20.1 Å². The molecule has 0 aromatic rings. The third-order valence-corrected chi connectivity index (χ3v) is 4.72. The zero-order valence-corrected chi connectivity index (χ0v) is 13.8. The van der Waals surface area contributed by atoms with E-state index in [4.69, 9.17) is 9.47 Å². The van der Waals surface area contributed by atoms with E-state index in [1.54, 1.807) is 0 Å². The smallest absolute Gasteiger partial charge is 0.220 e. The van der Waals surface area contributed by atoms with Crippen LogP contribution in [0.25, 0.3) is 0 Å². The molecule has 0 aliphatic carbocycles. The minimum absolute atomic E-state index is 0.197. The molecule has 0 saturated carbocycles. The summed E-state index contributed by atoms with van der Waals surface area (Å²) in [4.78, 5) is 11.8. The van der Waals surface area contributed by atoms with Gasteiger partial charge in [-0.15, -0.1) is 0 Å². The predicted molar refractivity (Wildman–Crippen MR) is 86.8 cm³/mol. The number of hydrogen-bond acceptors (Lipinski definition) is 4. The van der Waals surface area contributed by atoms with Crippen LogP contribution in [0.2, 0.25) is 0 Å². The molecule has 2 fully saturated rings. The first-order chi connectivity index (χ1) is 10.8. The average molecular weight is 312 g/mol. The Balaban J connectivity index is 1.38. The van der Waals surface area contributed by atoms with Crippen LogP contribution in [0, 0.1) is 11.8 Å². The maximum Gasteiger partial charge on any atom is 0.220 e. The zero-order valence-electron chi connectivity index (χ0n) is 13.8. The molecule has 2 aliphatic rings. The van der Waals surface area contributed by atoms with Crippen LogP contribution >= 0.6 is 0 Å². The number of nitrogens with one attached hydrogen (secondary N) is 2. The van der Waals surface area contributed by atoms with Gasteiger partial charge in [0.15, 0.2) is 0 Å². The highest BCUT2D eigenvalue weighted by Gasteiger charge is 2.15. The Morgan fingerprint density at radius 1 is 1.14 bits per heavy atom. The van der Waals surface area contributed by atoms with Gasteiger partial charge in [-0.2, -0.15) is 0 Å². The standard InChI is InChI=1S/C17H32N2O3/c20-17(3-2-15-4-9-18-10-5-15)19-8-1-11-22-14-16-6-12-21-13-7-16/h15-16,18H,1-14H2,(H,19,20). The fraction of sp³-hybridized carbons (Fsp3) is 0.941. The molecule has 1 amide bonds. The first kappa shape index (κ1) is 17.7. The zero-order chi connectivity index (χ0) is 15.5. The highest BCUT2D eigenvalue weighted by Crippen LogP contribution is 2.17. The summed E-state index contributed by atoms with van der Waals surface area (Å²) in [7, 11) is 0. The number of amides is 1. The molecule has 0 atom stereocenters.